The van der Waals surface area contributed by atoms with Crippen LogP contribution in [0.3, 0.4) is 0 Å². The van der Waals surface area contributed by atoms with Crippen LogP contribution < -0.4 is 5.32 Å². The monoisotopic (exact) mass is 284 g/mol. The number of aromatic nitrogens is 2. The number of rotatable bonds is 2. The molecule has 2 bridgehead atoms. The maximum Gasteiger partial charge on any atom is 0.229 e. The smallest absolute Gasteiger partial charge is 0.229 e. The first-order chi connectivity index (χ1) is 8.74. The van der Waals surface area contributed by atoms with Crippen LogP contribution in [0.5, 0.6) is 0 Å². The van der Waals surface area contributed by atoms with Gasteiger partial charge in [-0.15, -0.1) is 12.4 Å². The maximum atomic E-state index is 12.4. The Morgan fingerprint density at radius 3 is 2.95 bits per heavy atom. The van der Waals surface area contributed by atoms with Crippen LogP contribution in [0.15, 0.2) is 6.07 Å². The summed E-state index contributed by atoms with van der Waals surface area (Å²) in [5, 5.41) is 10.5. The summed E-state index contributed by atoms with van der Waals surface area (Å²) < 4.78 is 0. The second-order valence-corrected chi connectivity index (χ2v) is 5.40. The van der Waals surface area contributed by atoms with E-state index in [1.807, 2.05) is 13.0 Å². The standard InChI is InChI=1S/C13H20N4O.ClH/c1-9-6-10(16-15-9)7-13(18)17-11-2-3-12(17)8-14-5-4-11;/h6,11-12,14H,2-5,7-8H2,1H3,(H,15,16);1H. The number of hydrogen-bond donors (Lipinski definition) is 2. The molecule has 5 nitrogen and oxygen atoms in total. The number of nitrogens with one attached hydrogen (secondary N) is 2. The summed E-state index contributed by atoms with van der Waals surface area (Å²) in [6.07, 6.45) is 3.82. The van der Waals surface area contributed by atoms with Crippen molar-refractivity contribution in [3.05, 3.63) is 17.5 Å². The van der Waals surface area contributed by atoms with Crippen molar-refractivity contribution in [3.8, 4) is 0 Å². The molecule has 0 saturated carbocycles. The van der Waals surface area contributed by atoms with E-state index in [-0.39, 0.29) is 18.3 Å². The minimum atomic E-state index is 0. The molecule has 6 heteroatoms. The van der Waals surface area contributed by atoms with Gasteiger partial charge in [-0.25, -0.2) is 0 Å². The topological polar surface area (TPSA) is 61.0 Å². The molecule has 106 valence electrons. The van der Waals surface area contributed by atoms with Gasteiger partial charge in [0.2, 0.25) is 5.91 Å². The number of carbonyl (C=O) groups is 1. The highest BCUT2D eigenvalue weighted by Crippen LogP contribution is 2.28. The molecule has 2 saturated heterocycles. The van der Waals surface area contributed by atoms with E-state index in [0.29, 0.717) is 18.5 Å². The molecule has 2 unspecified atom stereocenters. The SMILES string of the molecule is Cc1cc(CC(=O)N2C3CCNCC2CC3)n[nH]1.Cl. The molecule has 3 rings (SSSR count). The second kappa shape index (κ2) is 5.92. The molecule has 2 aliphatic heterocycles. The molecule has 1 aromatic heterocycles. The van der Waals surface area contributed by atoms with Crippen LogP contribution in [-0.4, -0.2) is 46.2 Å². The van der Waals surface area contributed by atoms with Crippen LogP contribution in [0.4, 0.5) is 0 Å². The number of amides is 1. The molecular weight excluding hydrogens is 264 g/mol. The number of carbonyl (C=O) groups excluding carboxylic acids is 1. The first kappa shape index (κ1) is 14.3. The van der Waals surface area contributed by atoms with Gasteiger partial charge in [0.25, 0.3) is 0 Å². The van der Waals surface area contributed by atoms with Crippen LogP contribution >= 0.6 is 12.4 Å². The van der Waals surface area contributed by atoms with Crippen molar-refractivity contribution in [1.82, 2.24) is 20.4 Å². The van der Waals surface area contributed by atoms with Gasteiger partial charge in [0.05, 0.1) is 12.1 Å². The lowest BCUT2D eigenvalue weighted by Gasteiger charge is -2.27. The molecular formula is C13H21ClN4O. The van der Waals surface area contributed by atoms with E-state index in [0.717, 1.165) is 43.7 Å². The quantitative estimate of drug-likeness (QED) is 0.853. The van der Waals surface area contributed by atoms with Crippen molar-refractivity contribution >= 4 is 18.3 Å². The average molecular weight is 285 g/mol. The molecule has 0 radical (unpaired) electrons. The summed E-state index contributed by atoms with van der Waals surface area (Å²) in [7, 11) is 0. The van der Waals surface area contributed by atoms with Crippen LogP contribution in [0.1, 0.15) is 30.7 Å². The summed E-state index contributed by atoms with van der Waals surface area (Å²) >= 11 is 0. The lowest BCUT2D eigenvalue weighted by atomic mass is 10.1. The highest BCUT2D eigenvalue weighted by Gasteiger charge is 2.37. The highest BCUT2D eigenvalue weighted by atomic mass is 35.5. The minimum Gasteiger partial charge on any atom is -0.335 e. The highest BCUT2D eigenvalue weighted by molar-refractivity contribution is 5.85. The van der Waals surface area contributed by atoms with E-state index < -0.39 is 0 Å². The summed E-state index contributed by atoms with van der Waals surface area (Å²) in [5.74, 6) is 0.234. The zero-order valence-electron chi connectivity index (χ0n) is 11.2. The molecule has 19 heavy (non-hydrogen) atoms. The number of halogens is 1. The Kier molecular flexibility index (Phi) is 4.47. The molecule has 2 atom stereocenters. The number of hydrogen-bond acceptors (Lipinski definition) is 3. The third-order valence-electron chi connectivity index (χ3n) is 4.03. The molecule has 1 amide bonds. The van der Waals surface area contributed by atoms with Crippen molar-refractivity contribution in [1.29, 1.82) is 0 Å². The van der Waals surface area contributed by atoms with Gasteiger partial charge in [-0.3, -0.25) is 9.89 Å². The Morgan fingerprint density at radius 1 is 1.42 bits per heavy atom. The Labute approximate surface area is 119 Å². The zero-order chi connectivity index (χ0) is 12.5. The van der Waals surface area contributed by atoms with Gasteiger partial charge in [-0.1, -0.05) is 0 Å². The third kappa shape index (κ3) is 2.92. The van der Waals surface area contributed by atoms with Gasteiger partial charge in [0, 0.05) is 24.3 Å². The minimum absolute atomic E-state index is 0. The van der Waals surface area contributed by atoms with Crippen LogP contribution in [0.2, 0.25) is 0 Å². The Balaban J connectivity index is 0.00000133. The number of aryl methyl sites for hydroxylation is 1. The molecule has 2 fully saturated rings. The summed E-state index contributed by atoms with van der Waals surface area (Å²) in [5.41, 5.74) is 1.87. The normalized spacial score (nSPS) is 25.8. The Bertz CT molecular complexity index is 434. The van der Waals surface area contributed by atoms with Crippen molar-refractivity contribution in [2.24, 2.45) is 0 Å². The van der Waals surface area contributed by atoms with Gasteiger partial charge < -0.3 is 10.2 Å². The molecule has 0 aliphatic carbocycles. The van der Waals surface area contributed by atoms with E-state index in [1.165, 1.54) is 0 Å². The molecule has 2 N–H and O–H groups in total. The molecule has 0 aromatic carbocycles. The van der Waals surface area contributed by atoms with Gasteiger partial charge in [0.1, 0.15) is 0 Å². The summed E-state index contributed by atoms with van der Waals surface area (Å²) in [6, 6.07) is 2.79. The van der Waals surface area contributed by atoms with E-state index in [1.54, 1.807) is 0 Å². The second-order valence-electron chi connectivity index (χ2n) is 5.40. The number of fused-ring (bicyclic) bond motifs is 2. The van der Waals surface area contributed by atoms with E-state index in [2.05, 4.69) is 20.4 Å². The van der Waals surface area contributed by atoms with Gasteiger partial charge in [-0.05, 0) is 38.8 Å². The molecule has 2 aliphatic rings. The predicted molar refractivity (Wildman–Crippen MR) is 75.4 cm³/mol. The van der Waals surface area contributed by atoms with E-state index in [9.17, 15) is 4.79 Å². The summed E-state index contributed by atoms with van der Waals surface area (Å²) in [6.45, 7) is 3.94. The van der Waals surface area contributed by atoms with Gasteiger partial charge in [0.15, 0.2) is 0 Å². The van der Waals surface area contributed by atoms with Gasteiger partial charge >= 0.3 is 0 Å². The Morgan fingerprint density at radius 2 is 2.21 bits per heavy atom. The Hall–Kier alpha value is -1.07. The van der Waals surface area contributed by atoms with Crippen LogP contribution in [-0.2, 0) is 11.2 Å². The number of H-pyrrole nitrogens is 1. The van der Waals surface area contributed by atoms with Crippen LogP contribution in [0, 0.1) is 6.92 Å². The van der Waals surface area contributed by atoms with Crippen molar-refractivity contribution in [2.75, 3.05) is 13.1 Å². The largest absolute Gasteiger partial charge is 0.335 e. The fraction of sp³-hybridized carbons (Fsp3) is 0.692. The third-order valence-corrected chi connectivity index (χ3v) is 4.03. The van der Waals surface area contributed by atoms with Crippen molar-refractivity contribution in [3.63, 3.8) is 0 Å². The van der Waals surface area contributed by atoms with Crippen molar-refractivity contribution < 1.29 is 4.79 Å². The van der Waals surface area contributed by atoms with Gasteiger partial charge in [-0.2, -0.15) is 5.10 Å². The average Bonchev–Trinajstić information content (AvgIpc) is 2.81. The first-order valence-electron chi connectivity index (χ1n) is 6.77. The predicted octanol–water partition coefficient (Wildman–Crippen LogP) is 1.04. The van der Waals surface area contributed by atoms with E-state index in [4.69, 9.17) is 0 Å². The van der Waals surface area contributed by atoms with Crippen molar-refractivity contribution in [2.45, 2.75) is 44.7 Å². The van der Waals surface area contributed by atoms with Crippen LogP contribution in [0.25, 0.3) is 0 Å². The lowest BCUT2D eigenvalue weighted by Crippen LogP contribution is -2.43. The lowest BCUT2D eigenvalue weighted by molar-refractivity contribution is -0.133. The fourth-order valence-corrected chi connectivity index (χ4v) is 3.20. The first-order valence-corrected chi connectivity index (χ1v) is 6.77. The molecule has 3 heterocycles. The zero-order valence-corrected chi connectivity index (χ0v) is 12.0. The summed E-state index contributed by atoms with van der Waals surface area (Å²) in [4.78, 5) is 14.5. The number of nitrogens with zero attached hydrogens (tertiary/aromatic N) is 2. The molecule has 1 aromatic rings. The fourth-order valence-electron chi connectivity index (χ4n) is 3.20. The van der Waals surface area contributed by atoms with E-state index >= 15 is 0 Å². The maximum absolute atomic E-state index is 12.4. The molecule has 0 spiro atoms. The number of aromatic amines is 1.